The highest BCUT2D eigenvalue weighted by atomic mass is 16.6. The van der Waals surface area contributed by atoms with Crippen molar-refractivity contribution in [2.45, 2.75) is 26.7 Å². The number of nitrogens with zero attached hydrogens (tertiary/aromatic N) is 2. The lowest BCUT2D eigenvalue weighted by molar-refractivity contribution is -0.386. The van der Waals surface area contributed by atoms with Crippen molar-refractivity contribution in [3.05, 3.63) is 40.2 Å². The van der Waals surface area contributed by atoms with Crippen LogP contribution < -0.4 is 0 Å². The highest BCUT2D eigenvalue weighted by Gasteiger charge is 2.20. The molecule has 0 spiro atoms. The first-order valence-electron chi connectivity index (χ1n) is 4.86. The molecule has 1 rings (SSSR count). The molecule has 0 amide bonds. The highest BCUT2D eigenvalue weighted by molar-refractivity contribution is 5.68. The first kappa shape index (κ1) is 11.4. The van der Waals surface area contributed by atoms with Gasteiger partial charge in [-0.2, -0.15) is 0 Å². The van der Waals surface area contributed by atoms with Gasteiger partial charge in [-0.1, -0.05) is 19.9 Å². The lowest BCUT2D eigenvalue weighted by Gasteiger charge is -2.05. The molecule has 0 bridgehead atoms. The fraction of sp³-hybridized carbons (Fsp3) is 0.364. The monoisotopic (exact) mass is 206 g/mol. The number of pyridine rings is 1. The Balaban J connectivity index is 3.34. The molecule has 80 valence electrons. The molecule has 1 heterocycles. The molecule has 1 aromatic heterocycles. The molecular formula is C11H14N2O2. The van der Waals surface area contributed by atoms with Gasteiger partial charge in [-0.05, 0) is 25.0 Å². The summed E-state index contributed by atoms with van der Waals surface area (Å²) >= 11 is 0. The van der Waals surface area contributed by atoms with Crippen LogP contribution in [0.25, 0.3) is 5.57 Å². The number of hydrogen-bond donors (Lipinski definition) is 0. The van der Waals surface area contributed by atoms with Gasteiger partial charge in [0.25, 0.3) is 5.69 Å². The van der Waals surface area contributed by atoms with Crippen LogP contribution >= 0.6 is 0 Å². The average Bonchev–Trinajstić information content (AvgIpc) is 2.17. The van der Waals surface area contributed by atoms with E-state index in [0.717, 1.165) is 12.0 Å². The van der Waals surface area contributed by atoms with Gasteiger partial charge >= 0.3 is 0 Å². The third-order valence-corrected chi connectivity index (χ3v) is 2.11. The number of aryl methyl sites for hydroxylation is 1. The van der Waals surface area contributed by atoms with Gasteiger partial charge in [-0.3, -0.25) is 10.1 Å². The largest absolute Gasteiger partial charge is 0.298 e. The highest BCUT2D eigenvalue weighted by Crippen LogP contribution is 2.27. The predicted octanol–water partition coefficient (Wildman–Crippen LogP) is 2.98. The number of allylic oxidation sites excluding steroid dienone is 1. The van der Waals surface area contributed by atoms with Crippen molar-refractivity contribution >= 4 is 11.3 Å². The lowest BCUT2D eigenvalue weighted by atomic mass is 10.1. The topological polar surface area (TPSA) is 56.0 Å². The number of nitro groups is 1. The van der Waals surface area contributed by atoms with Crippen molar-refractivity contribution in [1.82, 2.24) is 4.98 Å². The third-order valence-electron chi connectivity index (χ3n) is 2.11. The maximum Gasteiger partial charge on any atom is 0.298 e. The molecule has 0 aliphatic heterocycles. The Morgan fingerprint density at radius 1 is 1.67 bits per heavy atom. The van der Waals surface area contributed by atoms with Gasteiger partial charge in [0.15, 0.2) is 0 Å². The molecule has 4 heteroatoms. The Kier molecular flexibility index (Phi) is 3.55. The van der Waals surface area contributed by atoms with Gasteiger partial charge in [-0.15, -0.1) is 0 Å². The molecule has 0 aliphatic rings. The first-order chi connectivity index (χ1) is 7.07. The fourth-order valence-corrected chi connectivity index (χ4v) is 1.48. The summed E-state index contributed by atoms with van der Waals surface area (Å²) in [4.78, 5) is 14.6. The Bertz CT molecular complexity index is 400. The smallest absolute Gasteiger partial charge is 0.258 e. The summed E-state index contributed by atoms with van der Waals surface area (Å²) in [5, 5.41) is 10.9. The molecule has 0 aliphatic carbocycles. The van der Waals surface area contributed by atoms with Crippen LogP contribution in [0.15, 0.2) is 18.8 Å². The fourth-order valence-electron chi connectivity index (χ4n) is 1.48. The lowest BCUT2D eigenvalue weighted by Crippen LogP contribution is -2.01. The van der Waals surface area contributed by atoms with E-state index < -0.39 is 0 Å². The average molecular weight is 206 g/mol. The van der Waals surface area contributed by atoms with E-state index in [4.69, 9.17) is 0 Å². The summed E-state index contributed by atoms with van der Waals surface area (Å²) in [5.74, 6) is 0. The normalized spacial score (nSPS) is 10.0. The molecule has 0 N–H and O–H groups in total. The van der Waals surface area contributed by atoms with Gasteiger partial charge in [0.05, 0.1) is 4.92 Å². The number of hydrogen-bond acceptors (Lipinski definition) is 3. The zero-order valence-corrected chi connectivity index (χ0v) is 8.99. The van der Waals surface area contributed by atoms with Crippen LogP contribution in [0.5, 0.6) is 0 Å². The molecule has 0 saturated heterocycles. The van der Waals surface area contributed by atoms with Crippen molar-refractivity contribution in [3.63, 3.8) is 0 Å². The Morgan fingerprint density at radius 3 is 2.80 bits per heavy atom. The van der Waals surface area contributed by atoms with E-state index in [2.05, 4.69) is 11.6 Å². The molecule has 4 nitrogen and oxygen atoms in total. The molecule has 0 unspecified atom stereocenters. The van der Waals surface area contributed by atoms with Crippen molar-refractivity contribution in [3.8, 4) is 0 Å². The minimum atomic E-state index is -0.373. The van der Waals surface area contributed by atoms with E-state index in [-0.39, 0.29) is 10.6 Å². The Hall–Kier alpha value is -1.71. The van der Waals surface area contributed by atoms with Crippen LogP contribution in [-0.2, 0) is 6.42 Å². The van der Waals surface area contributed by atoms with Crippen LogP contribution in [0, 0.1) is 10.1 Å². The van der Waals surface area contributed by atoms with E-state index in [0.29, 0.717) is 17.7 Å². The molecule has 0 aromatic carbocycles. The second-order valence-electron chi connectivity index (χ2n) is 3.45. The molecule has 15 heavy (non-hydrogen) atoms. The number of rotatable bonds is 4. The van der Waals surface area contributed by atoms with Gasteiger partial charge < -0.3 is 0 Å². The van der Waals surface area contributed by atoms with Crippen molar-refractivity contribution < 1.29 is 4.92 Å². The molecular weight excluding hydrogens is 192 g/mol. The van der Waals surface area contributed by atoms with E-state index in [1.807, 2.05) is 6.92 Å². The Morgan fingerprint density at radius 2 is 2.33 bits per heavy atom. The van der Waals surface area contributed by atoms with Crippen LogP contribution in [-0.4, -0.2) is 9.91 Å². The minimum Gasteiger partial charge on any atom is -0.258 e. The zero-order chi connectivity index (χ0) is 11.4. The molecule has 0 radical (unpaired) electrons. The maximum absolute atomic E-state index is 10.9. The van der Waals surface area contributed by atoms with E-state index >= 15 is 0 Å². The standard InChI is InChI=1S/C11H14N2O2/c1-4-5-9-6-7-12-10(8(2)3)11(9)13(14)15/h6-7H,2,4-5H2,1,3H3. The van der Waals surface area contributed by atoms with E-state index in [1.54, 1.807) is 19.2 Å². The Labute approximate surface area is 88.8 Å². The van der Waals surface area contributed by atoms with Gasteiger partial charge in [0, 0.05) is 11.8 Å². The predicted molar refractivity (Wildman–Crippen MR) is 59.6 cm³/mol. The zero-order valence-electron chi connectivity index (χ0n) is 8.99. The van der Waals surface area contributed by atoms with E-state index in [1.165, 1.54) is 0 Å². The van der Waals surface area contributed by atoms with Gasteiger partial charge in [0.2, 0.25) is 0 Å². The van der Waals surface area contributed by atoms with Crippen LogP contribution in [0.2, 0.25) is 0 Å². The second kappa shape index (κ2) is 4.68. The van der Waals surface area contributed by atoms with Crippen molar-refractivity contribution in [2.75, 3.05) is 0 Å². The van der Waals surface area contributed by atoms with Crippen molar-refractivity contribution in [1.29, 1.82) is 0 Å². The number of aromatic nitrogens is 1. The SMILES string of the molecule is C=C(C)c1nccc(CCC)c1[N+](=O)[O-]. The third kappa shape index (κ3) is 2.40. The molecule has 0 fully saturated rings. The minimum absolute atomic E-state index is 0.104. The van der Waals surface area contributed by atoms with E-state index in [9.17, 15) is 10.1 Å². The van der Waals surface area contributed by atoms with Gasteiger partial charge in [0.1, 0.15) is 5.69 Å². The first-order valence-corrected chi connectivity index (χ1v) is 4.86. The molecule has 1 aromatic rings. The molecule has 0 atom stereocenters. The second-order valence-corrected chi connectivity index (χ2v) is 3.45. The quantitative estimate of drug-likeness (QED) is 0.562. The van der Waals surface area contributed by atoms with Gasteiger partial charge in [-0.25, -0.2) is 4.98 Å². The maximum atomic E-state index is 10.9. The van der Waals surface area contributed by atoms with Crippen LogP contribution in [0.1, 0.15) is 31.5 Å². The van der Waals surface area contributed by atoms with Crippen molar-refractivity contribution in [2.24, 2.45) is 0 Å². The van der Waals surface area contributed by atoms with Crippen LogP contribution in [0.3, 0.4) is 0 Å². The summed E-state index contributed by atoms with van der Waals surface area (Å²) in [6, 6.07) is 1.70. The summed E-state index contributed by atoms with van der Waals surface area (Å²) in [7, 11) is 0. The summed E-state index contributed by atoms with van der Waals surface area (Å²) < 4.78 is 0. The summed E-state index contributed by atoms with van der Waals surface area (Å²) in [6.07, 6.45) is 3.17. The van der Waals surface area contributed by atoms with Crippen LogP contribution in [0.4, 0.5) is 5.69 Å². The summed E-state index contributed by atoms with van der Waals surface area (Å²) in [5.41, 5.74) is 1.85. The summed E-state index contributed by atoms with van der Waals surface area (Å²) in [6.45, 7) is 7.42. The molecule has 0 saturated carbocycles.